The molecule has 0 radical (unpaired) electrons. The van der Waals surface area contributed by atoms with Gasteiger partial charge >= 0.3 is 0 Å². The van der Waals surface area contributed by atoms with E-state index in [9.17, 15) is 0 Å². The van der Waals surface area contributed by atoms with Crippen molar-refractivity contribution in [2.24, 2.45) is 4.99 Å². The van der Waals surface area contributed by atoms with E-state index < -0.39 is 0 Å². The maximum atomic E-state index is 5.58. The van der Waals surface area contributed by atoms with Gasteiger partial charge in [-0.25, -0.2) is 9.67 Å². The molecular weight excluding hydrogens is 362 g/mol. The summed E-state index contributed by atoms with van der Waals surface area (Å²) in [5.74, 6) is 1.87. The number of hydrogen-bond donors (Lipinski definition) is 2. The summed E-state index contributed by atoms with van der Waals surface area (Å²) in [5, 5.41) is 11.1. The van der Waals surface area contributed by atoms with Gasteiger partial charge in [0, 0.05) is 31.9 Å². The van der Waals surface area contributed by atoms with Crippen LogP contribution in [0.5, 0.6) is 5.75 Å². The fraction of sp³-hybridized carbons (Fsp3) is 0.304. The van der Waals surface area contributed by atoms with E-state index in [1.807, 2.05) is 29.1 Å². The first-order valence-corrected chi connectivity index (χ1v) is 10.2. The molecule has 2 aromatic carbocycles. The average molecular weight is 390 g/mol. The van der Waals surface area contributed by atoms with Gasteiger partial charge in [-0.1, -0.05) is 24.3 Å². The predicted molar refractivity (Wildman–Crippen MR) is 116 cm³/mol. The number of ether oxygens (including phenoxy) is 1. The van der Waals surface area contributed by atoms with Gasteiger partial charge in [0.15, 0.2) is 5.96 Å². The molecule has 0 fully saturated rings. The van der Waals surface area contributed by atoms with Gasteiger partial charge < -0.3 is 15.4 Å². The highest BCUT2D eigenvalue weighted by molar-refractivity contribution is 5.79. The fourth-order valence-corrected chi connectivity index (χ4v) is 3.45. The molecule has 0 spiro atoms. The van der Waals surface area contributed by atoms with Crippen LogP contribution >= 0.6 is 0 Å². The second-order valence-corrected chi connectivity index (χ2v) is 7.03. The Morgan fingerprint density at radius 2 is 2.10 bits per heavy atom. The molecule has 2 heterocycles. The Kier molecular flexibility index (Phi) is 6.10. The van der Waals surface area contributed by atoms with Crippen LogP contribution in [-0.4, -0.2) is 35.4 Å². The van der Waals surface area contributed by atoms with Gasteiger partial charge in [0.2, 0.25) is 0 Å². The third kappa shape index (κ3) is 4.96. The van der Waals surface area contributed by atoms with Crippen molar-refractivity contribution in [3.05, 3.63) is 77.6 Å². The van der Waals surface area contributed by atoms with E-state index in [0.717, 1.165) is 55.5 Å². The predicted octanol–water partition coefficient (Wildman–Crippen LogP) is 3.11. The Morgan fingerprint density at radius 3 is 2.97 bits per heavy atom. The molecule has 6 heteroatoms. The lowest BCUT2D eigenvalue weighted by atomic mass is 10.1. The van der Waals surface area contributed by atoms with Crippen LogP contribution in [0.25, 0.3) is 5.69 Å². The van der Waals surface area contributed by atoms with Gasteiger partial charge in [-0.05, 0) is 54.3 Å². The number of fused-ring (bicyclic) bond motifs is 1. The molecule has 0 amide bonds. The molecule has 0 saturated carbocycles. The summed E-state index contributed by atoms with van der Waals surface area (Å²) in [7, 11) is 0. The number of benzene rings is 2. The van der Waals surface area contributed by atoms with Gasteiger partial charge in [-0.3, -0.25) is 0 Å². The third-order valence-corrected chi connectivity index (χ3v) is 4.90. The minimum Gasteiger partial charge on any atom is -0.493 e. The molecule has 1 aromatic heterocycles. The first-order chi connectivity index (χ1) is 14.3. The number of nitrogens with zero attached hydrogens (tertiary/aromatic N) is 3. The second-order valence-electron chi connectivity index (χ2n) is 7.03. The van der Waals surface area contributed by atoms with Crippen molar-refractivity contribution in [2.45, 2.75) is 26.3 Å². The Bertz CT molecular complexity index is 965. The highest BCUT2D eigenvalue weighted by Gasteiger charge is 2.11. The van der Waals surface area contributed by atoms with Gasteiger partial charge in [-0.2, -0.15) is 5.10 Å². The molecule has 2 N–H and O–H groups in total. The molecule has 0 atom stereocenters. The number of rotatable bonds is 7. The molecule has 4 rings (SSSR count). The molecule has 0 bridgehead atoms. The summed E-state index contributed by atoms with van der Waals surface area (Å²) in [4.78, 5) is 4.74. The third-order valence-electron chi connectivity index (χ3n) is 4.90. The van der Waals surface area contributed by atoms with Crippen molar-refractivity contribution < 1.29 is 4.74 Å². The summed E-state index contributed by atoms with van der Waals surface area (Å²) in [6.07, 6.45) is 5.69. The van der Waals surface area contributed by atoms with Crippen molar-refractivity contribution in [3.63, 3.8) is 0 Å². The van der Waals surface area contributed by atoms with Crippen LogP contribution < -0.4 is 15.4 Å². The standard InChI is InChI=1S/C23H27N5O/c1-2-24-23(25-12-9-18-7-8-22-20(15-18)10-14-29-22)26-17-19-5-3-6-21(16-19)28-13-4-11-27-28/h3-8,11,13,15-16H,2,9-10,12,14,17H2,1H3,(H2,24,25,26). The van der Waals surface area contributed by atoms with E-state index >= 15 is 0 Å². The second kappa shape index (κ2) is 9.28. The van der Waals surface area contributed by atoms with Gasteiger partial charge in [-0.15, -0.1) is 0 Å². The average Bonchev–Trinajstić information content (AvgIpc) is 3.44. The molecule has 1 aliphatic rings. The monoisotopic (exact) mass is 389 g/mol. The lowest BCUT2D eigenvalue weighted by Crippen LogP contribution is -2.38. The molecule has 1 aliphatic heterocycles. The zero-order valence-corrected chi connectivity index (χ0v) is 16.8. The van der Waals surface area contributed by atoms with Crippen molar-refractivity contribution in [1.29, 1.82) is 0 Å². The minimum absolute atomic E-state index is 0.612. The van der Waals surface area contributed by atoms with E-state index in [0.29, 0.717) is 6.54 Å². The van der Waals surface area contributed by atoms with Crippen LogP contribution in [0.15, 0.2) is 65.9 Å². The summed E-state index contributed by atoms with van der Waals surface area (Å²) in [6, 6.07) is 16.7. The van der Waals surface area contributed by atoms with Crippen molar-refractivity contribution >= 4 is 5.96 Å². The van der Waals surface area contributed by atoms with Crippen LogP contribution in [0.1, 0.15) is 23.6 Å². The van der Waals surface area contributed by atoms with Crippen LogP contribution in [-0.2, 0) is 19.4 Å². The lowest BCUT2D eigenvalue weighted by Gasteiger charge is -2.12. The molecule has 0 unspecified atom stereocenters. The molecule has 6 nitrogen and oxygen atoms in total. The molecular formula is C23H27N5O. The van der Waals surface area contributed by atoms with E-state index in [-0.39, 0.29) is 0 Å². The zero-order valence-electron chi connectivity index (χ0n) is 16.8. The quantitative estimate of drug-likeness (QED) is 0.481. The van der Waals surface area contributed by atoms with E-state index in [4.69, 9.17) is 9.73 Å². The number of nitrogens with one attached hydrogen (secondary N) is 2. The van der Waals surface area contributed by atoms with E-state index in [2.05, 4.69) is 53.0 Å². The molecule has 0 aliphatic carbocycles. The lowest BCUT2D eigenvalue weighted by molar-refractivity contribution is 0.357. The first-order valence-electron chi connectivity index (χ1n) is 10.2. The van der Waals surface area contributed by atoms with Crippen LogP contribution in [0, 0.1) is 0 Å². The van der Waals surface area contributed by atoms with Gasteiger partial charge in [0.1, 0.15) is 5.75 Å². The smallest absolute Gasteiger partial charge is 0.191 e. The topological polar surface area (TPSA) is 63.5 Å². The zero-order chi connectivity index (χ0) is 19.9. The summed E-state index contributed by atoms with van der Waals surface area (Å²) in [5.41, 5.74) is 4.83. The van der Waals surface area contributed by atoms with Crippen LogP contribution in [0.4, 0.5) is 0 Å². The normalized spacial score (nSPS) is 13.1. The fourth-order valence-electron chi connectivity index (χ4n) is 3.45. The molecule has 0 saturated heterocycles. The summed E-state index contributed by atoms with van der Waals surface area (Å²) >= 11 is 0. The van der Waals surface area contributed by atoms with E-state index in [1.165, 1.54) is 11.1 Å². The number of aliphatic imine (C=N–C) groups is 1. The molecule has 150 valence electrons. The molecule has 29 heavy (non-hydrogen) atoms. The SMILES string of the molecule is CCNC(=NCc1cccc(-n2cccn2)c1)NCCc1ccc2c(c1)CCO2. The Labute approximate surface area is 171 Å². The Balaban J connectivity index is 1.35. The van der Waals surface area contributed by atoms with Crippen molar-refractivity contribution in [1.82, 2.24) is 20.4 Å². The highest BCUT2D eigenvalue weighted by atomic mass is 16.5. The number of aromatic nitrogens is 2. The van der Waals surface area contributed by atoms with Gasteiger partial charge in [0.25, 0.3) is 0 Å². The maximum absolute atomic E-state index is 5.58. The minimum atomic E-state index is 0.612. The van der Waals surface area contributed by atoms with Crippen LogP contribution in [0.3, 0.4) is 0 Å². The maximum Gasteiger partial charge on any atom is 0.191 e. The summed E-state index contributed by atoms with van der Waals surface area (Å²) < 4.78 is 7.44. The largest absolute Gasteiger partial charge is 0.493 e. The number of hydrogen-bond acceptors (Lipinski definition) is 3. The van der Waals surface area contributed by atoms with E-state index in [1.54, 1.807) is 6.20 Å². The van der Waals surface area contributed by atoms with Crippen molar-refractivity contribution in [3.8, 4) is 11.4 Å². The molecule has 3 aromatic rings. The van der Waals surface area contributed by atoms with Gasteiger partial charge in [0.05, 0.1) is 18.8 Å². The van der Waals surface area contributed by atoms with Crippen molar-refractivity contribution in [2.75, 3.05) is 19.7 Å². The summed E-state index contributed by atoms with van der Waals surface area (Å²) in [6.45, 7) is 5.15. The Hall–Kier alpha value is -3.28. The number of guanidine groups is 1. The van der Waals surface area contributed by atoms with Crippen LogP contribution in [0.2, 0.25) is 0 Å². The first kappa shape index (κ1) is 19.1. The highest BCUT2D eigenvalue weighted by Crippen LogP contribution is 2.25. The Morgan fingerprint density at radius 1 is 1.14 bits per heavy atom.